The van der Waals surface area contributed by atoms with E-state index in [-0.39, 0.29) is 12.5 Å². The molecule has 0 aromatic heterocycles. The van der Waals surface area contributed by atoms with E-state index in [1.54, 1.807) is 42.5 Å². The molecule has 0 heterocycles. The second kappa shape index (κ2) is 7.56. The smallest absolute Gasteiger partial charge is 0.262 e. The minimum atomic E-state index is -0.296. The molecule has 0 aliphatic rings. The van der Waals surface area contributed by atoms with Crippen molar-refractivity contribution in [3.05, 3.63) is 47.5 Å². The van der Waals surface area contributed by atoms with Gasteiger partial charge < -0.3 is 19.5 Å². The molecule has 0 atom stereocenters. The Morgan fingerprint density at radius 2 is 1.64 bits per heavy atom. The van der Waals surface area contributed by atoms with Gasteiger partial charge in [0.25, 0.3) is 5.91 Å². The van der Waals surface area contributed by atoms with Gasteiger partial charge in [-0.15, -0.1) is 0 Å². The first-order valence-electron chi connectivity index (χ1n) is 6.53. The number of carbonyl (C=O) groups excluding carboxylic acids is 1. The summed E-state index contributed by atoms with van der Waals surface area (Å²) in [5, 5.41) is 3.31. The van der Waals surface area contributed by atoms with Gasteiger partial charge in [-0.05, 0) is 36.4 Å². The molecule has 0 aliphatic heterocycles. The van der Waals surface area contributed by atoms with Gasteiger partial charge in [0.2, 0.25) is 5.75 Å². The zero-order valence-electron chi connectivity index (χ0n) is 12.3. The summed E-state index contributed by atoms with van der Waals surface area (Å²) >= 11 is 5.79. The van der Waals surface area contributed by atoms with Gasteiger partial charge in [0, 0.05) is 10.7 Å². The Morgan fingerprint density at radius 1 is 1.05 bits per heavy atom. The highest BCUT2D eigenvalue weighted by Crippen LogP contribution is 2.36. The van der Waals surface area contributed by atoms with Gasteiger partial charge in [-0.1, -0.05) is 17.7 Å². The van der Waals surface area contributed by atoms with Crippen LogP contribution >= 0.6 is 11.6 Å². The standard InChI is InChI=1S/C16H16ClNO4/c1-20-13-4-3-5-14(21-2)16(13)22-10-15(19)18-12-8-6-11(17)7-9-12/h3-9H,10H2,1-2H3,(H,18,19). The van der Waals surface area contributed by atoms with Gasteiger partial charge in [-0.3, -0.25) is 4.79 Å². The lowest BCUT2D eigenvalue weighted by atomic mass is 10.3. The van der Waals surface area contributed by atoms with Crippen molar-refractivity contribution in [3.8, 4) is 17.2 Å². The average Bonchev–Trinajstić information content (AvgIpc) is 2.54. The number of anilines is 1. The van der Waals surface area contributed by atoms with Crippen molar-refractivity contribution >= 4 is 23.2 Å². The molecule has 0 saturated heterocycles. The predicted molar refractivity (Wildman–Crippen MR) is 85.1 cm³/mol. The summed E-state index contributed by atoms with van der Waals surface area (Å²) in [6, 6.07) is 12.1. The molecule has 2 aromatic rings. The van der Waals surface area contributed by atoms with E-state index in [1.165, 1.54) is 14.2 Å². The summed E-state index contributed by atoms with van der Waals surface area (Å²) in [4.78, 5) is 11.9. The van der Waals surface area contributed by atoms with Crippen LogP contribution in [0.4, 0.5) is 5.69 Å². The van der Waals surface area contributed by atoms with Crippen LogP contribution < -0.4 is 19.5 Å². The summed E-state index contributed by atoms with van der Waals surface area (Å²) in [7, 11) is 3.05. The first kappa shape index (κ1) is 16.0. The number of para-hydroxylation sites is 1. The number of benzene rings is 2. The molecule has 0 spiro atoms. The molecule has 0 fully saturated rings. The molecular weight excluding hydrogens is 306 g/mol. The third-order valence-electron chi connectivity index (χ3n) is 2.86. The molecule has 5 nitrogen and oxygen atoms in total. The third kappa shape index (κ3) is 4.05. The average molecular weight is 322 g/mol. The Morgan fingerprint density at radius 3 is 2.18 bits per heavy atom. The Bertz CT molecular complexity index is 621. The van der Waals surface area contributed by atoms with Gasteiger partial charge in [0.05, 0.1) is 14.2 Å². The highest BCUT2D eigenvalue weighted by molar-refractivity contribution is 6.30. The van der Waals surface area contributed by atoms with Crippen molar-refractivity contribution in [3.63, 3.8) is 0 Å². The second-order valence-corrected chi connectivity index (χ2v) is 4.77. The number of rotatable bonds is 6. The third-order valence-corrected chi connectivity index (χ3v) is 3.11. The van der Waals surface area contributed by atoms with E-state index < -0.39 is 0 Å². The molecule has 1 N–H and O–H groups in total. The SMILES string of the molecule is COc1cccc(OC)c1OCC(=O)Nc1ccc(Cl)cc1. The number of hydrogen-bond donors (Lipinski definition) is 1. The molecule has 0 aliphatic carbocycles. The quantitative estimate of drug-likeness (QED) is 0.886. The van der Waals surface area contributed by atoms with Crippen LogP contribution in [0.15, 0.2) is 42.5 Å². The number of ether oxygens (including phenoxy) is 3. The zero-order chi connectivity index (χ0) is 15.9. The highest BCUT2D eigenvalue weighted by atomic mass is 35.5. The Kier molecular flexibility index (Phi) is 5.49. The molecule has 1 amide bonds. The molecule has 2 rings (SSSR count). The second-order valence-electron chi connectivity index (χ2n) is 4.34. The van der Waals surface area contributed by atoms with Gasteiger partial charge >= 0.3 is 0 Å². The van der Waals surface area contributed by atoms with E-state index >= 15 is 0 Å². The number of hydrogen-bond acceptors (Lipinski definition) is 4. The number of halogens is 1. The van der Waals surface area contributed by atoms with Crippen LogP contribution in [-0.4, -0.2) is 26.7 Å². The number of methoxy groups -OCH3 is 2. The molecule has 6 heteroatoms. The lowest BCUT2D eigenvalue weighted by Crippen LogP contribution is -2.20. The molecule has 0 saturated carbocycles. The monoisotopic (exact) mass is 321 g/mol. The molecule has 0 unspecified atom stereocenters. The van der Waals surface area contributed by atoms with E-state index in [0.717, 1.165) is 0 Å². The highest BCUT2D eigenvalue weighted by Gasteiger charge is 2.13. The van der Waals surface area contributed by atoms with Gasteiger partial charge in [0.15, 0.2) is 18.1 Å². The molecule has 0 bridgehead atoms. The van der Waals surface area contributed by atoms with E-state index in [1.807, 2.05) is 0 Å². The van der Waals surface area contributed by atoms with Crippen LogP contribution in [0.3, 0.4) is 0 Å². The maximum atomic E-state index is 11.9. The van der Waals surface area contributed by atoms with Gasteiger partial charge in [-0.2, -0.15) is 0 Å². The summed E-state index contributed by atoms with van der Waals surface area (Å²) in [5.41, 5.74) is 0.644. The Balaban J connectivity index is 2.00. The normalized spacial score (nSPS) is 9.95. The van der Waals surface area contributed by atoms with Crippen molar-refractivity contribution in [2.24, 2.45) is 0 Å². The van der Waals surface area contributed by atoms with Crippen molar-refractivity contribution in [2.75, 3.05) is 26.1 Å². The number of nitrogens with one attached hydrogen (secondary N) is 1. The van der Waals surface area contributed by atoms with E-state index in [9.17, 15) is 4.79 Å². The van der Waals surface area contributed by atoms with E-state index in [2.05, 4.69) is 5.32 Å². The number of amides is 1. The van der Waals surface area contributed by atoms with Crippen molar-refractivity contribution in [1.29, 1.82) is 0 Å². The van der Waals surface area contributed by atoms with Crippen LogP contribution in [0.25, 0.3) is 0 Å². The molecule has 0 radical (unpaired) electrons. The first-order valence-corrected chi connectivity index (χ1v) is 6.91. The summed E-state index contributed by atoms with van der Waals surface area (Å²) < 4.78 is 15.9. The predicted octanol–water partition coefficient (Wildman–Crippen LogP) is 3.37. The fourth-order valence-corrected chi connectivity index (χ4v) is 1.95. The minimum Gasteiger partial charge on any atom is -0.493 e. The van der Waals surface area contributed by atoms with E-state index in [4.69, 9.17) is 25.8 Å². The fourth-order valence-electron chi connectivity index (χ4n) is 1.83. The van der Waals surface area contributed by atoms with Crippen molar-refractivity contribution in [1.82, 2.24) is 0 Å². The van der Waals surface area contributed by atoms with E-state index in [0.29, 0.717) is 28.0 Å². The van der Waals surface area contributed by atoms with Crippen molar-refractivity contribution in [2.45, 2.75) is 0 Å². The first-order chi connectivity index (χ1) is 10.6. The van der Waals surface area contributed by atoms with Crippen LogP contribution in [0, 0.1) is 0 Å². The van der Waals surface area contributed by atoms with Crippen LogP contribution in [0.5, 0.6) is 17.2 Å². The topological polar surface area (TPSA) is 56.8 Å². The Labute approximate surface area is 133 Å². The van der Waals surface area contributed by atoms with Crippen LogP contribution in [0.2, 0.25) is 5.02 Å². The maximum Gasteiger partial charge on any atom is 0.262 e. The fraction of sp³-hybridized carbons (Fsp3) is 0.188. The molecule has 116 valence electrons. The number of carbonyl (C=O) groups is 1. The summed E-state index contributed by atoms with van der Waals surface area (Å²) in [6.45, 7) is -0.167. The molecule has 22 heavy (non-hydrogen) atoms. The zero-order valence-corrected chi connectivity index (χ0v) is 13.0. The van der Waals surface area contributed by atoms with Crippen LogP contribution in [0.1, 0.15) is 0 Å². The molecule has 2 aromatic carbocycles. The van der Waals surface area contributed by atoms with Crippen LogP contribution in [-0.2, 0) is 4.79 Å². The van der Waals surface area contributed by atoms with Gasteiger partial charge in [-0.25, -0.2) is 0 Å². The maximum absolute atomic E-state index is 11.9. The van der Waals surface area contributed by atoms with Crippen molar-refractivity contribution < 1.29 is 19.0 Å². The lowest BCUT2D eigenvalue weighted by molar-refractivity contribution is -0.118. The summed E-state index contributed by atoms with van der Waals surface area (Å²) in [6.07, 6.45) is 0. The summed E-state index contributed by atoms with van der Waals surface area (Å²) in [5.74, 6) is 1.09. The molecular formula is C16H16ClNO4. The lowest BCUT2D eigenvalue weighted by Gasteiger charge is -2.14. The largest absolute Gasteiger partial charge is 0.493 e. The van der Waals surface area contributed by atoms with Gasteiger partial charge in [0.1, 0.15) is 0 Å². The Hall–Kier alpha value is -2.40. The minimum absolute atomic E-state index is 0.167.